The standard InChI is InChI=1S/C25H23Cl2NO4/c1-4-31-15-11-9-14(10-12-15)22(29)23-21(16-7-5-6-8-18(16)32-23)28-24(30)20-17(13-19(26)27)25(20,2)3/h5-13,17,20H,4H2,1-3H3,(H,28,30). The number of para-hydroxylation sites is 1. The van der Waals surface area contributed by atoms with Gasteiger partial charge in [-0.3, -0.25) is 9.59 Å². The number of carbonyl (C=O) groups excluding carboxylic acids is 2. The van der Waals surface area contributed by atoms with E-state index in [0.29, 0.717) is 34.6 Å². The summed E-state index contributed by atoms with van der Waals surface area (Å²) in [7, 11) is 0. The van der Waals surface area contributed by atoms with Gasteiger partial charge < -0.3 is 14.5 Å². The molecule has 5 nitrogen and oxygen atoms in total. The van der Waals surface area contributed by atoms with Crippen molar-refractivity contribution >= 4 is 51.5 Å². The molecule has 0 bridgehead atoms. The molecule has 1 amide bonds. The zero-order valence-electron chi connectivity index (χ0n) is 17.9. The first-order valence-electron chi connectivity index (χ1n) is 10.4. The molecular weight excluding hydrogens is 449 g/mol. The van der Waals surface area contributed by atoms with Crippen LogP contribution in [0.2, 0.25) is 0 Å². The first kappa shape index (κ1) is 22.4. The predicted octanol–water partition coefficient (Wildman–Crippen LogP) is 6.59. The van der Waals surface area contributed by atoms with E-state index in [1.54, 1.807) is 36.4 Å². The molecule has 7 heteroatoms. The number of anilines is 1. The van der Waals surface area contributed by atoms with Crippen LogP contribution in [0.15, 0.2) is 63.5 Å². The van der Waals surface area contributed by atoms with Gasteiger partial charge in [-0.15, -0.1) is 0 Å². The van der Waals surface area contributed by atoms with Crippen LogP contribution in [0.4, 0.5) is 5.69 Å². The molecule has 0 aliphatic heterocycles. The molecule has 1 N–H and O–H groups in total. The van der Waals surface area contributed by atoms with Crippen molar-refractivity contribution in [1.29, 1.82) is 0 Å². The molecule has 2 atom stereocenters. The van der Waals surface area contributed by atoms with E-state index in [1.807, 2.05) is 39.0 Å². The second-order valence-electron chi connectivity index (χ2n) is 8.36. The highest BCUT2D eigenvalue weighted by atomic mass is 35.5. The number of hydrogen-bond acceptors (Lipinski definition) is 4. The minimum absolute atomic E-state index is 0.0871. The van der Waals surface area contributed by atoms with E-state index < -0.39 is 0 Å². The number of allylic oxidation sites excluding steroid dienone is 1. The summed E-state index contributed by atoms with van der Waals surface area (Å²) in [6.45, 7) is 6.39. The fourth-order valence-electron chi connectivity index (χ4n) is 4.16. The van der Waals surface area contributed by atoms with Crippen LogP contribution < -0.4 is 10.1 Å². The molecule has 1 heterocycles. The molecule has 0 spiro atoms. The summed E-state index contributed by atoms with van der Waals surface area (Å²) in [6.07, 6.45) is 1.69. The molecule has 166 valence electrons. The van der Waals surface area contributed by atoms with Crippen molar-refractivity contribution in [1.82, 2.24) is 0 Å². The predicted molar refractivity (Wildman–Crippen MR) is 126 cm³/mol. The monoisotopic (exact) mass is 471 g/mol. The summed E-state index contributed by atoms with van der Waals surface area (Å²) in [6, 6.07) is 14.1. The maximum absolute atomic E-state index is 13.3. The lowest BCUT2D eigenvalue weighted by molar-refractivity contribution is -0.118. The van der Waals surface area contributed by atoms with E-state index >= 15 is 0 Å². The minimum atomic E-state index is -0.324. The molecule has 32 heavy (non-hydrogen) atoms. The lowest BCUT2D eigenvalue weighted by atomic mass is 10.1. The topological polar surface area (TPSA) is 68.5 Å². The number of nitrogens with one attached hydrogen (secondary N) is 1. The molecule has 1 aromatic heterocycles. The average molecular weight is 472 g/mol. The van der Waals surface area contributed by atoms with Crippen molar-refractivity contribution in [3.63, 3.8) is 0 Å². The summed E-state index contributed by atoms with van der Waals surface area (Å²) in [5.74, 6) is -0.180. The Morgan fingerprint density at radius 1 is 1.12 bits per heavy atom. The number of carbonyl (C=O) groups is 2. The van der Waals surface area contributed by atoms with Gasteiger partial charge in [0, 0.05) is 10.9 Å². The average Bonchev–Trinajstić information content (AvgIpc) is 3.11. The number of furan rings is 1. The van der Waals surface area contributed by atoms with Gasteiger partial charge in [0.2, 0.25) is 11.7 Å². The van der Waals surface area contributed by atoms with Crippen molar-refractivity contribution in [2.45, 2.75) is 20.8 Å². The van der Waals surface area contributed by atoms with E-state index in [4.69, 9.17) is 32.4 Å². The number of hydrogen-bond donors (Lipinski definition) is 1. The van der Waals surface area contributed by atoms with Crippen LogP contribution in [0.1, 0.15) is 36.9 Å². The Bertz CT molecular complexity index is 1210. The third kappa shape index (κ3) is 4.15. The van der Waals surface area contributed by atoms with Gasteiger partial charge in [-0.2, -0.15) is 0 Å². The van der Waals surface area contributed by atoms with Gasteiger partial charge in [0.05, 0.1) is 18.2 Å². The molecule has 1 fully saturated rings. The van der Waals surface area contributed by atoms with Gasteiger partial charge in [0.25, 0.3) is 0 Å². The van der Waals surface area contributed by atoms with Crippen molar-refractivity contribution in [2.75, 3.05) is 11.9 Å². The van der Waals surface area contributed by atoms with Crippen molar-refractivity contribution in [2.24, 2.45) is 17.3 Å². The summed E-state index contributed by atoms with van der Waals surface area (Å²) in [5.41, 5.74) is 1.03. The van der Waals surface area contributed by atoms with Gasteiger partial charge >= 0.3 is 0 Å². The van der Waals surface area contributed by atoms with E-state index in [9.17, 15) is 9.59 Å². The molecule has 1 saturated carbocycles. The third-order valence-corrected chi connectivity index (χ3v) is 6.23. The van der Waals surface area contributed by atoms with E-state index in [2.05, 4.69) is 5.32 Å². The van der Waals surface area contributed by atoms with Gasteiger partial charge in [0.1, 0.15) is 15.8 Å². The normalized spacial score (nSPS) is 18.8. The van der Waals surface area contributed by atoms with Crippen LogP contribution in [0.5, 0.6) is 5.75 Å². The Morgan fingerprint density at radius 3 is 2.47 bits per heavy atom. The molecule has 2 aromatic carbocycles. The number of amides is 1. The second kappa shape index (κ2) is 8.64. The zero-order valence-corrected chi connectivity index (χ0v) is 19.5. The Balaban J connectivity index is 1.67. The number of fused-ring (bicyclic) bond motifs is 1. The summed E-state index contributed by atoms with van der Waals surface area (Å²) in [5, 5.41) is 3.61. The Kier molecular flexibility index (Phi) is 6.06. The van der Waals surface area contributed by atoms with E-state index in [1.165, 1.54) is 0 Å². The van der Waals surface area contributed by atoms with Crippen LogP contribution >= 0.6 is 23.2 Å². The van der Waals surface area contributed by atoms with Crippen LogP contribution in [0.3, 0.4) is 0 Å². The van der Waals surface area contributed by atoms with Crippen LogP contribution in [-0.2, 0) is 4.79 Å². The summed E-state index contributed by atoms with van der Waals surface area (Å²) < 4.78 is 11.5. The Morgan fingerprint density at radius 2 is 1.81 bits per heavy atom. The van der Waals surface area contributed by atoms with Crippen molar-refractivity contribution in [3.8, 4) is 5.75 Å². The summed E-state index contributed by atoms with van der Waals surface area (Å²) >= 11 is 11.6. The molecule has 0 saturated heterocycles. The molecule has 4 rings (SSSR count). The fourth-order valence-corrected chi connectivity index (χ4v) is 4.43. The van der Waals surface area contributed by atoms with Crippen LogP contribution in [0, 0.1) is 17.3 Å². The minimum Gasteiger partial charge on any atom is -0.494 e. The van der Waals surface area contributed by atoms with E-state index in [0.717, 1.165) is 0 Å². The molecule has 1 aliphatic carbocycles. The lowest BCUT2D eigenvalue weighted by Gasteiger charge is -2.08. The highest BCUT2D eigenvalue weighted by molar-refractivity contribution is 6.55. The largest absolute Gasteiger partial charge is 0.494 e. The third-order valence-electron chi connectivity index (χ3n) is 5.98. The molecule has 0 radical (unpaired) electrons. The van der Waals surface area contributed by atoms with Gasteiger partial charge in [-0.1, -0.05) is 49.2 Å². The van der Waals surface area contributed by atoms with Crippen LogP contribution in [-0.4, -0.2) is 18.3 Å². The van der Waals surface area contributed by atoms with E-state index in [-0.39, 0.29) is 39.2 Å². The second-order valence-corrected chi connectivity index (χ2v) is 9.37. The first-order valence-corrected chi connectivity index (χ1v) is 11.1. The van der Waals surface area contributed by atoms with Crippen molar-refractivity contribution < 1.29 is 18.7 Å². The molecule has 2 unspecified atom stereocenters. The maximum Gasteiger partial charge on any atom is 0.230 e. The fraction of sp³-hybridized carbons (Fsp3) is 0.280. The number of benzene rings is 2. The maximum atomic E-state index is 13.3. The number of ketones is 1. The van der Waals surface area contributed by atoms with Crippen LogP contribution in [0.25, 0.3) is 11.0 Å². The first-order chi connectivity index (χ1) is 15.2. The highest BCUT2D eigenvalue weighted by Crippen LogP contribution is 2.60. The van der Waals surface area contributed by atoms with Gasteiger partial charge in [-0.05, 0) is 60.7 Å². The highest BCUT2D eigenvalue weighted by Gasteiger charge is 2.60. The molecule has 3 aromatic rings. The summed E-state index contributed by atoms with van der Waals surface area (Å²) in [4.78, 5) is 26.4. The number of halogens is 2. The Labute approximate surface area is 196 Å². The SMILES string of the molecule is CCOc1ccc(C(=O)c2oc3ccccc3c2NC(=O)C2C(C=C(Cl)Cl)C2(C)C)cc1. The Hall–Kier alpha value is -2.76. The quantitative estimate of drug-likeness (QED) is 0.394. The lowest BCUT2D eigenvalue weighted by Crippen LogP contribution is -2.18. The number of rotatable bonds is 7. The van der Waals surface area contributed by atoms with Gasteiger partial charge in [0.15, 0.2) is 5.76 Å². The molecular formula is C25H23Cl2NO4. The van der Waals surface area contributed by atoms with Gasteiger partial charge in [-0.25, -0.2) is 0 Å². The zero-order chi connectivity index (χ0) is 23.0. The number of ether oxygens (including phenoxy) is 1. The molecule has 1 aliphatic rings. The van der Waals surface area contributed by atoms with Crippen molar-refractivity contribution in [3.05, 3.63) is 70.4 Å². The smallest absolute Gasteiger partial charge is 0.230 e.